The van der Waals surface area contributed by atoms with Gasteiger partial charge in [0.15, 0.2) is 10.4 Å². The van der Waals surface area contributed by atoms with Gasteiger partial charge < -0.3 is 15.2 Å². The number of hydrogen-bond donors (Lipinski definition) is 2. The summed E-state index contributed by atoms with van der Waals surface area (Å²) in [5, 5.41) is 16.2. The first kappa shape index (κ1) is 25.8. The van der Waals surface area contributed by atoms with Crippen molar-refractivity contribution in [2.24, 2.45) is 4.99 Å². The van der Waals surface area contributed by atoms with Crippen LogP contribution in [0.15, 0.2) is 35.5 Å². The maximum absolute atomic E-state index is 12.9. The smallest absolute Gasteiger partial charge is 0.407 e. The minimum absolute atomic E-state index is 0.0422. The zero-order valence-electron chi connectivity index (χ0n) is 20.2. The Morgan fingerprint density at radius 3 is 2.66 bits per heavy atom. The molecule has 3 heterocycles. The lowest BCUT2D eigenvalue weighted by atomic mass is 10.2. The van der Waals surface area contributed by atoms with Crippen molar-refractivity contribution in [1.29, 1.82) is 0 Å². The second-order valence-electron chi connectivity index (χ2n) is 8.60. The fourth-order valence-electron chi connectivity index (χ4n) is 3.15. The molecule has 0 spiro atoms. The number of ether oxygens (including phenoxy) is 1. The number of carbonyl (C=O) groups is 3. The summed E-state index contributed by atoms with van der Waals surface area (Å²) in [6, 6.07) is 3.18. The molecule has 35 heavy (non-hydrogen) atoms. The summed E-state index contributed by atoms with van der Waals surface area (Å²) in [5.41, 5.74) is 1.03. The number of carboxylic acids is 1. The number of carbonyl (C=O) groups excluding carboxylic acids is 2. The van der Waals surface area contributed by atoms with Crippen LogP contribution in [-0.4, -0.2) is 54.6 Å². The molecule has 3 aromatic heterocycles. The van der Waals surface area contributed by atoms with Gasteiger partial charge in [-0.3, -0.25) is 14.0 Å². The minimum Gasteiger partial charge on any atom is -0.478 e. The molecule has 0 atom stereocenters. The van der Waals surface area contributed by atoms with Gasteiger partial charge in [0.05, 0.1) is 16.0 Å². The van der Waals surface area contributed by atoms with Crippen molar-refractivity contribution < 1.29 is 24.2 Å². The lowest BCUT2D eigenvalue weighted by Gasteiger charge is -2.19. The standard InChI is InChI=1S/C23H28N6O5S/c1-6-29-16(11-14(2)27-29)19(30)26-21-28(10-8-7-9-24-22(33)34-23(3,4)5)18-17(35-21)12-15(13-25-18)20(31)32/h7-8,11-13H,6,9-10H2,1-5H3,(H,24,33)(H,31,32)/b8-7+,26-21-. The predicted molar refractivity (Wildman–Crippen MR) is 130 cm³/mol. The van der Waals surface area contributed by atoms with Crippen molar-refractivity contribution in [3.05, 3.63) is 52.2 Å². The van der Waals surface area contributed by atoms with Gasteiger partial charge in [0.25, 0.3) is 5.91 Å². The molecule has 2 amide bonds. The lowest BCUT2D eigenvalue weighted by Crippen LogP contribution is -2.32. The number of rotatable bonds is 7. The molecule has 0 bridgehead atoms. The third-order valence-corrected chi connectivity index (χ3v) is 5.62. The zero-order valence-corrected chi connectivity index (χ0v) is 21.0. The average Bonchev–Trinajstić information content (AvgIpc) is 3.31. The van der Waals surface area contributed by atoms with Gasteiger partial charge in [-0.2, -0.15) is 10.1 Å². The van der Waals surface area contributed by atoms with E-state index in [2.05, 4.69) is 20.4 Å². The summed E-state index contributed by atoms with van der Waals surface area (Å²) in [4.78, 5) is 45.1. The Labute approximate surface area is 205 Å². The summed E-state index contributed by atoms with van der Waals surface area (Å²) >= 11 is 1.17. The van der Waals surface area contributed by atoms with E-state index >= 15 is 0 Å². The number of aromatic nitrogens is 4. The fourth-order valence-corrected chi connectivity index (χ4v) is 4.18. The molecule has 0 aromatic carbocycles. The number of aryl methyl sites for hydroxylation is 2. The van der Waals surface area contributed by atoms with Crippen molar-refractivity contribution in [3.8, 4) is 0 Å². The van der Waals surface area contributed by atoms with Gasteiger partial charge in [0.1, 0.15) is 11.3 Å². The first-order valence-electron chi connectivity index (χ1n) is 11.0. The highest BCUT2D eigenvalue weighted by Crippen LogP contribution is 2.17. The van der Waals surface area contributed by atoms with E-state index < -0.39 is 23.6 Å². The Kier molecular flexibility index (Phi) is 7.85. The van der Waals surface area contributed by atoms with Crippen molar-refractivity contribution in [1.82, 2.24) is 24.6 Å². The summed E-state index contributed by atoms with van der Waals surface area (Å²) in [6.45, 7) is 10.1. The van der Waals surface area contributed by atoms with E-state index in [1.165, 1.54) is 23.6 Å². The summed E-state index contributed by atoms with van der Waals surface area (Å²) in [6.07, 6.45) is 4.28. The second-order valence-corrected chi connectivity index (χ2v) is 9.61. The third kappa shape index (κ3) is 6.63. The quantitative estimate of drug-likeness (QED) is 0.475. The van der Waals surface area contributed by atoms with Gasteiger partial charge in [-0.1, -0.05) is 23.5 Å². The number of hydrogen-bond acceptors (Lipinski definition) is 7. The van der Waals surface area contributed by atoms with Crippen LogP contribution >= 0.6 is 11.3 Å². The largest absolute Gasteiger partial charge is 0.478 e. The topological polar surface area (TPSA) is 141 Å². The van der Waals surface area contributed by atoms with Crippen LogP contribution in [0.3, 0.4) is 0 Å². The van der Waals surface area contributed by atoms with Crippen LogP contribution in [0.25, 0.3) is 10.3 Å². The molecule has 0 aliphatic rings. The first-order chi connectivity index (χ1) is 16.5. The van der Waals surface area contributed by atoms with Crippen molar-refractivity contribution in [3.63, 3.8) is 0 Å². The number of aromatic carboxylic acids is 1. The average molecular weight is 501 g/mol. The Balaban J connectivity index is 1.91. The molecule has 12 heteroatoms. The molecular weight excluding hydrogens is 472 g/mol. The van der Waals surface area contributed by atoms with E-state index in [1.807, 2.05) is 6.92 Å². The number of allylic oxidation sites excluding steroid dienone is 1. The fraction of sp³-hybridized carbons (Fsp3) is 0.391. The van der Waals surface area contributed by atoms with Crippen LogP contribution in [0, 0.1) is 6.92 Å². The third-order valence-electron chi connectivity index (χ3n) is 4.60. The van der Waals surface area contributed by atoms with E-state index in [1.54, 1.807) is 55.2 Å². The van der Waals surface area contributed by atoms with E-state index in [-0.39, 0.29) is 12.1 Å². The van der Waals surface area contributed by atoms with Gasteiger partial charge in [-0.05, 0) is 46.8 Å². The molecule has 0 aliphatic carbocycles. The van der Waals surface area contributed by atoms with Gasteiger partial charge in [-0.25, -0.2) is 14.6 Å². The number of thiazole rings is 1. The van der Waals surface area contributed by atoms with Crippen LogP contribution in [0.5, 0.6) is 0 Å². The highest BCUT2D eigenvalue weighted by Gasteiger charge is 2.16. The number of nitrogens with zero attached hydrogens (tertiary/aromatic N) is 5. The highest BCUT2D eigenvalue weighted by molar-refractivity contribution is 7.16. The molecular formula is C23H28N6O5S. The number of amides is 2. The van der Waals surface area contributed by atoms with E-state index in [9.17, 15) is 19.5 Å². The van der Waals surface area contributed by atoms with Crippen molar-refractivity contribution >= 4 is 39.7 Å². The number of carboxylic acid groups (broad SMARTS) is 1. The van der Waals surface area contributed by atoms with Gasteiger partial charge in [0, 0.05) is 25.8 Å². The second kappa shape index (κ2) is 10.6. The summed E-state index contributed by atoms with van der Waals surface area (Å²) < 4.78 is 9.08. The van der Waals surface area contributed by atoms with E-state index in [4.69, 9.17) is 4.74 Å². The zero-order chi connectivity index (χ0) is 25.8. The molecule has 0 saturated carbocycles. The number of alkyl carbamates (subject to hydrolysis) is 1. The van der Waals surface area contributed by atoms with Crippen LogP contribution in [-0.2, 0) is 17.8 Å². The molecule has 186 valence electrons. The molecule has 11 nitrogen and oxygen atoms in total. The monoisotopic (exact) mass is 500 g/mol. The molecule has 3 aromatic rings. The summed E-state index contributed by atoms with van der Waals surface area (Å²) in [5.74, 6) is -1.55. The van der Waals surface area contributed by atoms with E-state index in [0.29, 0.717) is 39.6 Å². The van der Waals surface area contributed by atoms with Crippen molar-refractivity contribution in [2.45, 2.75) is 53.3 Å². The molecule has 0 unspecified atom stereocenters. The lowest BCUT2D eigenvalue weighted by molar-refractivity contribution is 0.0533. The number of fused-ring (bicyclic) bond motifs is 1. The van der Waals surface area contributed by atoms with Crippen LogP contribution in [0.2, 0.25) is 0 Å². The van der Waals surface area contributed by atoms with Crippen LogP contribution in [0.4, 0.5) is 4.79 Å². The van der Waals surface area contributed by atoms with E-state index in [0.717, 1.165) is 0 Å². The first-order valence-corrected chi connectivity index (χ1v) is 11.8. The van der Waals surface area contributed by atoms with Crippen LogP contribution in [0.1, 0.15) is 54.2 Å². The number of pyridine rings is 1. The Morgan fingerprint density at radius 2 is 2.00 bits per heavy atom. The summed E-state index contributed by atoms with van der Waals surface area (Å²) in [7, 11) is 0. The molecule has 3 rings (SSSR count). The minimum atomic E-state index is -1.09. The maximum atomic E-state index is 12.9. The SMILES string of the molecule is CCn1nc(C)cc1C(=O)/N=c1\sc2cc(C(=O)O)cnc2n1C/C=C/CNC(=O)OC(C)(C)C. The normalized spacial score (nSPS) is 12.4. The Hall–Kier alpha value is -3.80. The Bertz CT molecular complexity index is 1360. The predicted octanol–water partition coefficient (Wildman–Crippen LogP) is 3.14. The van der Waals surface area contributed by atoms with Crippen LogP contribution < -0.4 is 10.1 Å². The molecule has 0 radical (unpaired) electrons. The molecule has 0 aliphatic heterocycles. The number of nitrogens with one attached hydrogen (secondary N) is 1. The van der Waals surface area contributed by atoms with Gasteiger partial charge in [-0.15, -0.1) is 0 Å². The Morgan fingerprint density at radius 1 is 1.26 bits per heavy atom. The van der Waals surface area contributed by atoms with Gasteiger partial charge >= 0.3 is 12.1 Å². The molecule has 2 N–H and O–H groups in total. The maximum Gasteiger partial charge on any atom is 0.407 e. The molecule has 0 saturated heterocycles. The highest BCUT2D eigenvalue weighted by atomic mass is 32.1. The van der Waals surface area contributed by atoms with Crippen molar-refractivity contribution in [2.75, 3.05) is 6.54 Å². The molecule has 0 fully saturated rings. The van der Waals surface area contributed by atoms with Gasteiger partial charge in [0.2, 0.25) is 0 Å².